The molecule has 0 aliphatic rings. The van der Waals surface area contributed by atoms with Gasteiger partial charge in [0.2, 0.25) is 0 Å². The van der Waals surface area contributed by atoms with E-state index in [2.05, 4.69) is 6.92 Å². The minimum atomic E-state index is -0.529. The second kappa shape index (κ2) is 8.53. The normalized spacial score (nSPS) is 10.6. The second-order valence-corrected chi connectivity index (χ2v) is 4.81. The summed E-state index contributed by atoms with van der Waals surface area (Å²) in [7, 11) is 0. The summed E-state index contributed by atoms with van der Waals surface area (Å²) >= 11 is 0. The van der Waals surface area contributed by atoms with Gasteiger partial charge in [-0.05, 0) is 24.6 Å². The number of amides is 1. The van der Waals surface area contributed by atoms with Crippen LogP contribution in [0.15, 0.2) is 18.2 Å². The number of aliphatic hydroxyl groups is 1. The van der Waals surface area contributed by atoms with Crippen molar-refractivity contribution in [3.05, 3.63) is 29.6 Å². The van der Waals surface area contributed by atoms with Crippen LogP contribution in [-0.2, 0) is 0 Å². The van der Waals surface area contributed by atoms with E-state index < -0.39 is 5.82 Å². The number of halogens is 1. The lowest BCUT2D eigenvalue weighted by atomic mass is 10.1. The van der Waals surface area contributed by atoms with Crippen LogP contribution < -0.4 is 5.73 Å². The van der Waals surface area contributed by atoms with E-state index >= 15 is 0 Å². The molecule has 0 atom stereocenters. The molecule has 0 radical (unpaired) electrons. The van der Waals surface area contributed by atoms with Crippen LogP contribution in [0.25, 0.3) is 0 Å². The number of carbonyl (C=O) groups is 1. The van der Waals surface area contributed by atoms with Crippen molar-refractivity contribution in [2.75, 3.05) is 25.4 Å². The molecule has 5 heteroatoms. The number of benzene rings is 1. The molecular formula is C15H23FN2O2. The first-order valence-corrected chi connectivity index (χ1v) is 7.05. The maximum atomic E-state index is 13.1. The van der Waals surface area contributed by atoms with E-state index in [1.54, 1.807) is 4.90 Å². The molecule has 112 valence electrons. The molecule has 1 aromatic rings. The first-order chi connectivity index (χ1) is 9.60. The molecular weight excluding hydrogens is 259 g/mol. The summed E-state index contributed by atoms with van der Waals surface area (Å²) in [5, 5.41) is 9.06. The van der Waals surface area contributed by atoms with Crippen molar-refractivity contribution >= 4 is 11.6 Å². The molecule has 20 heavy (non-hydrogen) atoms. The molecule has 1 aromatic carbocycles. The lowest BCUT2D eigenvalue weighted by Gasteiger charge is -2.22. The third-order valence-corrected chi connectivity index (χ3v) is 3.18. The van der Waals surface area contributed by atoms with Crippen molar-refractivity contribution in [3.63, 3.8) is 0 Å². The van der Waals surface area contributed by atoms with E-state index in [-0.39, 0.29) is 24.7 Å². The number of nitrogens with two attached hydrogens (primary N) is 1. The Balaban J connectivity index is 2.69. The third kappa shape index (κ3) is 4.81. The zero-order valence-corrected chi connectivity index (χ0v) is 11.9. The highest BCUT2D eigenvalue weighted by atomic mass is 19.1. The molecule has 1 amide bonds. The van der Waals surface area contributed by atoms with Gasteiger partial charge < -0.3 is 15.7 Å². The second-order valence-electron chi connectivity index (χ2n) is 4.81. The number of unbranched alkanes of at least 4 members (excludes halogenated alkanes) is 3. The van der Waals surface area contributed by atoms with Crippen LogP contribution >= 0.6 is 0 Å². The molecule has 1 rings (SSSR count). The van der Waals surface area contributed by atoms with E-state index in [1.165, 1.54) is 18.2 Å². The van der Waals surface area contributed by atoms with Gasteiger partial charge in [-0.3, -0.25) is 4.79 Å². The highest BCUT2D eigenvalue weighted by Crippen LogP contribution is 2.14. The van der Waals surface area contributed by atoms with E-state index in [4.69, 9.17) is 10.8 Å². The predicted octanol–water partition coefficient (Wildman–Crippen LogP) is 2.42. The smallest absolute Gasteiger partial charge is 0.254 e. The Morgan fingerprint density at radius 2 is 2.05 bits per heavy atom. The van der Waals surface area contributed by atoms with Crippen molar-refractivity contribution in [2.24, 2.45) is 0 Å². The van der Waals surface area contributed by atoms with Gasteiger partial charge in [0.05, 0.1) is 12.3 Å². The third-order valence-electron chi connectivity index (χ3n) is 3.18. The maximum Gasteiger partial charge on any atom is 0.254 e. The van der Waals surface area contributed by atoms with E-state index in [1.807, 2.05) is 0 Å². The molecule has 0 saturated heterocycles. The molecule has 0 aliphatic carbocycles. The van der Waals surface area contributed by atoms with Gasteiger partial charge in [-0.15, -0.1) is 0 Å². The summed E-state index contributed by atoms with van der Waals surface area (Å²) in [5.74, 6) is -0.750. The fourth-order valence-corrected chi connectivity index (χ4v) is 2.02. The van der Waals surface area contributed by atoms with Gasteiger partial charge in [0.1, 0.15) is 5.82 Å². The van der Waals surface area contributed by atoms with Crippen molar-refractivity contribution in [3.8, 4) is 0 Å². The van der Waals surface area contributed by atoms with Crippen molar-refractivity contribution in [1.29, 1.82) is 0 Å². The Bertz CT molecular complexity index is 438. The van der Waals surface area contributed by atoms with Gasteiger partial charge in [0.25, 0.3) is 5.91 Å². The number of aliphatic hydroxyl groups excluding tert-OH is 1. The molecule has 0 heterocycles. The molecule has 0 fully saturated rings. The average Bonchev–Trinajstić information content (AvgIpc) is 2.44. The van der Waals surface area contributed by atoms with Crippen LogP contribution in [0, 0.1) is 5.82 Å². The van der Waals surface area contributed by atoms with Gasteiger partial charge in [0.15, 0.2) is 0 Å². The van der Waals surface area contributed by atoms with Gasteiger partial charge in [-0.2, -0.15) is 0 Å². The zero-order valence-electron chi connectivity index (χ0n) is 11.9. The van der Waals surface area contributed by atoms with Crippen molar-refractivity contribution in [1.82, 2.24) is 4.90 Å². The quantitative estimate of drug-likeness (QED) is 0.568. The van der Waals surface area contributed by atoms with Gasteiger partial charge >= 0.3 is 0 Å². The van der Waals surface area contributed by atoms with Crippen LogP contribution in [0.4, 0.5) is 10.1 Å². The number of nitrogen functional groups attached to an aromatic ring is 1. The molecule has 0 bridgehead atoms. The van der Waals surface area contributed by atoms with Gasteiger partial charge in [-0.25, -0.2) is 4.39 Å². The number of anilines is 1. The van der Waals surface area contributed by atoms with E-state index in [9.17, 15) is 9.18 Å². The first kappa shape index (κ1) is 16.4. The Kier molecular flexibility index (Phi) is 7.01. The summed E-state index contributed by atoms with van der Waals surface area (Å²) in [5.41, 5.74) is 5.80. The standard InChI is InChI=1S/C15H23FN2O2/c1-2-3-4-5-8-18(9-10-19)15(20)12-6-7-13(16)14(17)11-12/h6-7,11,19H,2-5,8-10,17H2,1H3. The molecule has 0 aromatic heterocycles. The lowest BCUT2D eigenvalue weighted by molar-refractivity contribution is 0.0718. The summed E-state index contributed by atoms with van der Waals surface area (Å²) in [4.78, 5) is 13.9. The highest BCUT2D eigenvalue weighted by Gasteiger charge is 2.16. The molecule has 0 saturated carbocycles. The van der Waals surface area contributed by atoms with Gasteiger partial charge in [0, 0.05) is 18.7 Å². The monoisotopic (exact) mass is 282 g/mol. The van der Waals surface area contributed by atoms with Crippen LogP contribution in [-0.4, -0.2) is 35.6 Å². The van der Waals surface area contributed by atoms with E-state index in [0.717, 1.165) is 25.7 Å². The predicted molar refractivity (Wildman–Crippen MR) is 77.9 cm³/mol. The van der Waals surface area contributed by atoms with Crippen LogP contribution in [0.2, 0.25) is 0 Å². The number of hydrogen-bond acceptors (Lipinski definition) is 3. The first-order valence-electron chi connectivity index (χ1n) is 7.05. The fourth-order valence-electron chi connectivity index (χ4n) is 2.02. The average molecular weight is 282 g/mol. The SMILES string of the molecule is CCCCCCN(CCO)C(=O)c1ccc(F)c(N)c1. The Labute approximate surface area is 119 Å². The minimum absolute atomic E-state index is 0.0363. The molecule has 0 spiro atoms. The topological polar surface area (TPSA) is 66.6 Å². The largest absolute Gasteiger partial charge is 0.396 e. The Morgan fingerprint density at radius 1 is 1.30 bits per heavy atom. The fraction of sp³-hybridized carbons (Fsp3) is 0.533. The van der Waals surface area contributed by atoms with Crippen molar-refractivity contribution < 1.29 is 14.3 Å². The Morgan fingerprint density at radius 3 is 2.65 bits per heavy atom. The van der Waals surface area contributed by atoms with Crippen molar-refractivity contribution in [2.45, 2.75) is 32.6 Å². The molecule has 0 aliphatic heterocycles. The minimum Gasteiger partial charge on any atom is -0.396 e. The summed E-state index contributed by atoms with van der Waals surface area (Å²) in [6, 6.07) is 3.95. The number of carbonyl (C=O) groups excluding carboxylic acids is 1. The summed E-state index contributed by atoms with van der Waals surface area (Å²) < 4.78 is 13.1. The zero-order chi connectivity index (χ0) is 15.0. The van der Waals surface area contributed by atoms with Crippen LogP contribution in [0.1, 0.15) is 43.0 Å². The number of rotatable bonds is 8. The van der Waals surface area contributed by atoms with Gasteiger partial charge in [-0.1, -0.05) is 26.2 Å². The molecule has 3 N–H and O–H groups in total. The Hall–Kier alpha value is -1.62. The molecule has 0 unspecified atom stereocenters. The van der Waals surface area contributed by atoms with Crippen LogP contribution in [0.3, 0.4) is 0 Å². The van der Waals surface area contributed by atoms with Crippen LogP contribution in [0.5, 0.6) is 0 Å². The lowest BCUT2D eigenvalue weighted by Crippen LogP contribution is -2.34. The maximum absolute atomic E-state index is 13.1. The summed E-state index contributed by atoms with van der Waals surface area (Å²) in [6.07, 6.45) is 4.21. The number of hydrogen-bond donors (Lipinski definition) is 2. The molecule has 4 nitrogen and oxygen atoms in total. The highest BCUT2D eigenvalue weighted by molar-refractivity contribution is 5.95. The summed E-state index contributed by atoms with van der Waals surface area (Å²) in [6.45, 7) is 2.91. The van der Waals surface area contributed by atoms with E-state index in [0.29, 0.717) is 12.1 Å². The number of nitrogens with zero attached hydrogens (tertiary/aromatic N) is 1.